The molecule has 0 fully saturated rings. The van der Waals surface area contributed by atoms with Crippen LogP contribution in [0.4, 0.5) is 0 Å². The van der Waals surface area contributed by atoms with Crippen molar-refractivity contribution in [3.63, 3.8) is 0 Å². The van der Waals surface area contributed by atoms with Crippen molar-refractivity contribution >= 4 is 17.7 Å². The highest BCUT2D eigenvalue weighted by Gasteiger charge is 1.91. The minimum Gasteiger partial charge on any atom is -0.490 e. The van der Waals surface area contributed by atoms with Crippen molar-refractivity contribution in [3.8, 4) is 5.75 Å². The SMILES string of the molecule is Clc1ccc(OC/C=C/c2ccccc2)cc1. The van der Waals surface area contributed by atoms with Crippen LogP contribution in [-0.4, -0.2) is 6.61 Å². The van der Waals surface area contributed by atoms with Crippen molar-refractivity contribution in [2.75, 3.05) is 6.61 Å². The second-order valence-electron chi connectivity index (χ2n) is 3.58. The Hall–Kier alpha value is -1.73. The van der Waals surface area contributed by atoms with E-state index in [2.05, 4.69) is 12.1 Å². The molecule has 17 heavy (non-hydrogen) atoms. The number of halogens is 1. The molecule has 0 saturated heterocycles. The Labute approximate surface area is 106 Å². The molecule has 0 N–H and O–H groups in total. The smallest absolute Gasteiger partial charge is 0.119 e. The van der Waals surface area contributed by atoms with Crippen LogP contribution in [0.2, 0.25) is 5.02 Å². The maximum Gasteiger partial charge on any atom is 0.119 e. The van der Waals surface area contributed by atoms with Crippen molar-refractivity contribution in [2.45, 2.75) is 0 Å². The third-order valence-electron chi connectivity index (χ3n) is 2.27. The summed E-state index contributed by atoms with van der Waals surface area (Å²) in [6, 6.07) is 17.5. The van der Waals surface area contributed by atoms with Gasteiger partial charge in [0.05, 0.1) is 0 Å². The Bertz CT molecular complexity index is 474. The fourth-order valence-electron chi connectivity index (χ4n) is 1.42. The molecule has 0 heterocycles. The average Bonchev–Trinajstić information content (AvgIpc) is 2.38. The Kier molecular flexibility index (Phi) is 4.23. The zero-order chi connectivity index (χ0) is 11.9. The van der Waals surface area contributed by atoms with E-state index in [-0.39, 0.29) is 0 Å². The van der Waals surface area contributed by atoms with Crippen LogP contribution < -0.4 is 4.74 Å². The molecule has 0 atom stereocenters. The second-order valence-corrected chi connectivity index (χ2v) is 4.01. The topological polar surface area (TPSA) is 9.23 Å². The Balaban J connectivity index is 1.84. The fraction of sp³-hybridized carbons (Fsp3) is 0.0667. The molecule has 2 aromatic carbocycles. The molecular formula is C15H13ClO. The summed E-state index contributed by atoms with van der Waals surface area (Å²) < 4.78 is 5.54. The fourth-order valence-corrected chi connectivity index (χ4v) is 1.55. The lowest BCUT2D eigenvalue weighted by molar-refractivity contribution is 0.363. The first kappa shape index (κ1) is 11.7. The first-order valence-corrected chi connectivity index (χ1v) is 5.82. The molecule has 2 aromatic rings. The molecule has 0 unspecified atom stereocenters. The lowest BCUT2D eigenvalue weighted by Crippen LogP contribution is -1.92. The molecule has 0 aromatic heterocycles. The summed E-state index contributed by atoms with van der Waals surface area (Å²) in [7, 11) is 0. The summed E-state index contributed by atoms with van der Waals surface area (Å²) in [5.74, 6) is 0.826. The van der Waals surface area contributed by atoms with E-state index in [1.165, 1.54) is 5.56 Å². The Morgan fingerprint density at radius 1 is 0.941 bits per heavy atom. The number of hydrogen-bond donors (Lipinski definition) is 0. The first-order chi connectivity index (χ1) is 8.34. The maximum atomic E-state index is 5.78. The summed E-state index contributed by atoms with van der Waals surface area (Å²) in [6.45, 7) is 0.552. The van der Waals surface area contributed by atoms with Gasteiger partial charge in [-0.05, 0) is 35.9 Å². The molecule has 86 valence electrons. The van der Waals surface area contributed by atoms with Crippen LogP contribution in [-0.2, 0) is 0 Å². The Morgan fingerprint density at radius 3 is 2.35 bits per heavy atom. The molecule has 0 amide bonds. The molecule has 2 rings (SSSR count). The molecule has 0 aliphatic rings. The predicted octanol–water partition coefficient (Wildman–Crippen LogP) is 4.43. The van der Waals surface area contributed by atoms with Crippen LogP contribution in [0, 0.1) is 0 Å². The van der Waals surface area contributed by atoms with Gasteiger partial charge in [0, 0.05) is 5.02 Å². The third kappa shape index (κ3) is 3.97. The highest BCUT2D eigenvalue weighted by atomic mass is 35.5. The van der Waals surface area contributed by atoms with Crippen LogP contribution in [0.1, 0.15) is 5.56 Å². The number of hydrogen-bond acceptors (Lipinski definition) is 1. The molecule has 0 spiro atoms. The zero-order valence-electron chi connectivity index (χ0n) is 9.34. The maximum absolute atomic E-state index is 5.78. The molecule has 0 aliphatic heterocycles. The van der Waals surface area contributed by atoms with Gasteiger partial charge in [0.1, 0.15) is 12.4 Å². The van der Waals surface area contributed by atoms with Gasteiger partial charge in [0.2, 0.25) is 0 Å². The summed E-state index contributed by atoms with van der Waals surface area (Å²) in [6.07, 6.45) is 4.03. The first-order valence-electron chi connectivity index (χ1n) is 5.44. The standard InChI is InChI=1S/C15H13ClO/c16-14-8-10-15(11-9-14)17-12-4-7-13-5-2-1-3-6-13/h1-11H,12H2/b7-4+. The Morgan fingerprint density at radius 2 is 1.65 bits per heavy atom. The van der Waals surface area contributed by atoms with Gasteiger partial charge in [-0.1, -0.05) is 48.0 Å². The number of ether oxygens (including phenoxy) is 1. The number of benzene rings is 2. The molecule has 1 nitrogen and oxygen atoms in total. The van der Waals surface area contributed by atoms with Crippen molar-refractivity contribution in [1.82, 2.24) is 0 Å². The summed E-state index contributed by atoms with van der Waals surface area (Å²) >= 11 is 5.78. The molecule has 0 saturated carbocycles. The molecule has 0 radical (unpaired) electrons. The molecule has 0 aliphatic carbocycles. The summed E-state index contributed by atoms with van der Waals surface area (Å²) in [5, 5.41) is 0.720. The minimum absolute atomic E-state index is 0.552. The van der Waals surface area contributed by atoms with Crippen molar-refractivity contribution in [1.29, 1.82) is 0 Å². The van der Waals surface area contributed by atoms with E-state index < -0.39 is 0 Å². The van der Waals surface area contributed by atoms with Crippen molar-refractivity contribution in [3.05, 3.63) is 71.3 Å². The van der Waals surface area contributed by atoms with Crippen molar-refractivity contribution < 1.29 is 4.74 Å². The predicted molar refractivity (Wildman–Crippen MR) is 72.4 cm³/mol. The van der Waals surface area contributed by atoms with Gasteiger partial charge in [0.25, 0.3) is 0 Å². The van der Waals surface area contributed by atoms with E-state index in [1.54, 1.807) is 0 Å². The van der Waals surface area contributed by atoms with Crippen LogP contribution in [0.25, 0.3) is 6.08 Å². The number of rotatable bonds is 4. The largest absolute Gasteiger partial charge is 0.490 e. The van der Waals surface area contributed by atoms with Crippen LogP contribution in [0.3, 0.4) is 0 Å². The van der Waals surface area contributed by atoms with Crippen molar-refractivity contribution in [2.24, 2.45) is 0 Å². The van der Waals surface area contributed by atoms with E-state index in [0.29, 0.717) is 6.61 Å². The van der Waals surface area contributed by atoms with Crippen LogP contribution in [0.5, 0.6) is 5.75 Å². The van der Waals surface area contributed by atoms with E-state index in [9.17, 15) is 0 Å². The van der Waals surface area contributed by atoms with Gasteiger partial charge in [-0.15, -0.1) is 0 Å². The highest BCUT2D eigenvalue weighted by molar-refractivity contribution is 6.30. The highest BCUT2D eigenvalue weighted by Crippen LogP contribution is 2.15. The average molecular weight is 245 g/mol. The quantitative estimate of drug-likeness (QED) is 0.773. The van der Waals surface area contributed by atoms with E-state index in [4.69, 9.17) is 16.3 Å². The lowest BCUT2D eigenvalue weighted by atomic mass is 10.2. The summed E-state index contributed by atoms with van der Waals surface area (Å²) in [5.41, 5.74) is 1.17. The van der Waals surface area contributed by atoms with Crippen LogP contribution >= 0.6 is 11.6 Å². The normalized spacial score (nSPS) is 10.6. The third-order valence-corrected chi connectivity index (χ3v) is 2.52. The van der Waals surface area contributed by atoms with Gasteiger partial charge in [0.15, 0.2) is 0 Å². The zero-order valence-corrected chi connectivity index (χ0v) is 10.1. The van der Waals surface area contributed by atoms with E-state index in [1.807, 2.05) is 54.6 Å². The van der Waals surface area contributed by atoms with Crippen LogP contribution in [0.15, 0.2) is 60.7 Å². The van der Waals surface area contributed by atoms with Gasteiger partial charge in [-0.3, -0.25) is 0 Å². The lowest BCUT2D eigenvalue weighted by Gasteiger charge is -2.02. The monoisotopic (exact) mass is 244 g/mol. The molecule has 2 heteroatoms. The van der Waals surface area contributed by atoms with E-state index >= 15 is 0 Å². The molecule has 0 bridgehead atoms. The van der Waals surface area contributed by atoms with E-state index in [0.717, 1.165) is 10.8 Å². The summed E-state index contributed by atoms with van der Waals surface area (Å²) in [4.78, 5) is 0. The molecular weight excluding hydrogens is 232 g/mol. The second kappa shape index (κ2) is 6.12. The van der Waals surface area contributed by atoms with Gasteiger partial charge in [-0.2, -0.15) is 0 Å². The minimum atomic E-state index is 0.552. The van der Waals surface area contributed by atoms with Gasteiger partial charge >= 0.3 is 0 Å². The van der Waals surface area contributed by atoms with Gasteiger partial charge in [-0.25, -0.2) is 0 Å². The van der Waals surface area contributed by atoms with Gasteiger partial charge < -0.3 is 4.74 Å².